The van der Waals surface area contributed by atoms with Crippen LogP contribution in [-0.4, -0.2) is 53.7 Å². The molecular formula is C25H27N7. The number of rotatable bonds is 3. The molecule has 1 fully saturated rings. The maximum atomic E-state index is 4.76. The van der Waals surface area contributed by atoms with Gasteiger partial charge in [-0.1, -0.05) is 12.1 Å². The monoisotopic (exact) mass is 425 g/mol. The molecule has 0 spiro atoms. The van der Waals surface area contributed by atoms with Gasteiger partial charge < -0.3 is 15.2 Å². The zero-order valence-corrected chi connectivity index (χ0v) is 18.4. The Balaban J connectivity index is 1.33. The number of aryl methyl sites for hydroxylation is 1. The Labute approximate surface area is 187 Å². The van der Waals surface area contributed by atoms with E-state index in [1.807, 2.05) is 11.2 Å². The molecular weight excluding hydrogens is 398 g/mol. The van der Waals surface area contributed by atoms with Crippen molar-refractivity contribution in [2.45, 2.75) is 13.8 Å². The maximum Gasteiger partial charge on any atom is 0.146 e. The molecule has 0 aliphatic carbocycles. The molecule has 0 saturated carbocycles. The molecule has 2 aromatic heterocycles. The van der Waals surface area contributed by atoms with Crippen molar-refractivity contribution in [3.63, 3.8) is 0 Å². The van der Waals surface area contributed by atoms with Crippen LogP contribution in [0.5, 0.6) is 0 Å². The summed E-state index contributed by atoms with van der Waals surface area (Å²) in [6.07, 6.45) is 6.32. The summed E-state index contributed by atoms with van der Waals surface area (Å²) in [5.41, 5.74) is 11.5. The van der Waals surface area contributed by atoms with Gasteiger partial charge in [0, 0.05) is 60.6 Å². The molecule has 3 aliphatic rings. The van der Waals surface area contributed by atoms with E-state index in [9.17, 15) is 0 Å². The van der Waals surface area contributed by atoms with Crippen molar-refractivity contribution in [1.29, 1.82) is 0 Å². The third kappa shape index (κ3) is 3.21. The first-order valence-corrected chi connectivity index (χ1v) is 11.2. The Bertz CT molecular complexity index is 1270. The quantitative estimate of drug-likeness (QED) is 0.600. The second-order valence-electron chi connectivity index (χ2n) is 8.61. The smallest absolute Gasteiger partial charge is 0.146 e. The highest BCUT2D eigenvalue weighted by Gasteiger charge is 2.22. The number of H-pyrrole nitrogens is 1. The highest BCUT2D eigenvalue weighted by atomic mass is 15.6. The molecule has 5 heterocycles. The summed E-state index contributed by atoms with van der Waals surface area (Å²) < 4.78 is 0. The number of pyridine rings is 1. The van der Waals surface area contributed by atoms with Gasteiger partial charge in [0.05, 0.1) is 5.69 Å². The zero-order chi connectivity index (χ0) is 21.7. The van der Waals surface area contributed by atoms with Gasteiger partial charge in [-0.15, -0.1) is 0 Å². The molecule has 3 N–H and O–H groups in total. The molecule has 0 atom stereocenters. The number of benzene rings is 1. The second-order valence-corrected chi connectivity index (χ2v) is 8.61. The first kappa shape index (κ1) is 19.3. The fourth-order valence-electron chi connectivity index (χ4n) is 4.81. The van der Waals surface area contributed by atoms with Gasteiger partial charge in [-0.2, -0.15) is 0 Å². The number of aliphatic imine (C=N–C) groups is 1. The Kier molecular flexibility index (Phi) is 4.59. The molecule has 1 saturated heterocycles. The number of anilines is 1. The van der Waals surface area contributed by atoms with E-state index < -0.39 is 0 Å². The van der Waals surface area contributed by atoms with Crippen molar-refractivity contribution in [1.82, 2.24) is 25.7 Å². The number of allylic oxidation sites excluding steroid dienone is 2. The lowest BCUT2D eigenvalue weighted by atomic mass is 9.99. The average molecular weight is 426 g/mol. The van der Waals surface area contributed by atoms with Crippen molar-refractivity contribution >= 4 is 28.1 Å². The molecule has 0 amide bonds. The van der Waals surface area contributed by atoms with E-state index in [2.05, 4.69) is 82.1 Å². The highest BCUT2D eigenvalue weighted by molar-refractivity contribution is 6.04. The third-order valence-electron chi connectivity index (χ3n) is 6.56. The SMILES string of the molecule is CC1=CC(c2ccc3c(C)c(-c4ccc(N5CCNCC5)nc4)[nH]c3c2)=CN2NCN=C12. The lowest BCUT2D eigenvalue weighted by molar-refractivity contribution is 0.452. The maximum absolute atomic E-state index is 4.76. The van der Waals surface area contributed by atoms with Crippen LogP contribution in [0.25, 0.3) is 27.7 Å². The normalized spacial score (nSPS) is 18.5. The first-order valence-electron chi connectivity index (χ1n) is 11.2. The summed E-state index contributed by atoms with van der Waals surface area (Å²) in [5, 5.41) is 6.66. The predicted octanol–water partition coefficient (Wildman–Crippen LogP) is 3.42. The highest BCUT2D eigenvalue weighted by Crippen LogP contribution is 2.33. The Hall–Kier alpha value is -3.42. The van der Waals surface area contributed by atoms with Crippen molar-refractivity contribution in [2.75, 3.05) is 37.7 Å². The zero-order valence-electron chi connectivity index (χ0n) is 18.4. The van der Waals surface area contributed by atoms with Gasteiger partial charge in [0.1, 0.15) is 18.3 Å². The summed E-state index contributed by atoms with van der Waals surface area (Å²) in [7, 11) is 0. The lowest BCUT2D eigenvalue weighted by Crippen LogP contribution is -2.43. The van der Waals surface area contributed by atoms with Gasteiger partial charge in [0.15, 0.2) is 0 Å². The number of nitrogens with zero attached hydrogens (tertiary/aromatic N) is 4. The number of nitrogens with one attached hydrogen (secondary N) is 3. The number of piperazine rings is 1. The molecule has 7 nitrogen and oxygen atoms in total. The third-order valence-corrected chi connectivity index (χ3v) is 6.56. The van der Waals surface area contributed by atoms with Crippen LogP contribution in [0.4, 0.5) is 5.82 Å². The number of fused-ring (bicyclic) bond motifs is 2. The second kappa shape index (κ2) is 7.62. The van der Waals surface area contributed by atoms with Gasteiger partial charge in [-0.3, -0.25) is 5.01 Å². The van der Waals surface area contributed by atoms with E-state index in [1.165, 1.54) is 27.7 Å². The van der Waals surface area contributed by atoms with Crippen LogP contribution in [0.15, 0.2) is 59.4 Å². The van der Waals surface area contributed by atoms with Crippen molar-refractivity contribution < 1.29 is 0 Å². The molecule has 0 unspecified atom stereocenters. The van der Waals surface area contributed by atoms with E-state index in [0.29, 0.717) is 6.67 Å². The van der Waals surface area contributed by atoms with Gasteiger partial charge in [0.2, 0.25) is 0 Å². The van der Waals surface area contributed by atoms with Crippen LogP contribution in [-0.2, 0) is 0 Å². The van der Waals surface area contributed by atoms with Crippen LogP contribution < -0.4 is 15.6 Å². The minimum atomic E-state index is 0.629. The first-order chi connectivity index (χ1) is 15.7. The molecule has 7 heteroatoms. The Morgan fingerprint density at radius 1 is 1.00 bits per heavy atom. The minimum absolute atomic E-state index is 0.629. The Morgan fingerprint density at radius 3 is 2.66 bits per heavy atom. The molecule has 3 aromatic rings. The lowest BCUT2D eigenvalue weighted by Gasteiger charge is -2.28. The number of aromatic amines is 1. The van der Waals surface area contributed by atoms with E-state index in [4.69, 9.17) is 4.98 Å². The summed E-state index contributed by atoms with van der Waals surface area (Å²) >= 11 is 0. The molecule has 1 aromatic carbocycles. The van der Waals surface area contributed by atoms with E-state index in [-0.39, 0.29) is 0 Å². The molecule has 0 radical (unpaired) electrons. The van der Waals surface area contributed by atoms with E-state index in [0.717, 1.165) is 54.6 Å². The van der Waals surface area contributed by atoms with Crippen molar-refractivity contribution in [2.24, 2.45) is 4.99 Å². The summed E-state index contributed by atoms with van der Waals surface area (Å²) in [6.45, 7) is 8.95. The fraction of sp³-hybridized carbons (Fsp3) is 0.280. The Morgan fingerprint density at radius 2 is 1.84 bits per heavy atom. The molecule has 3 aliphatic heterocycles. The molecule has 0 bridgehead atoms. The van der Waals surface area contributed by atoms with Gasteiger partial charge in [0.25, 0.3) is 0 Å². The van der Waals surface area contributed by atoms with Gasteiger partial charge >= 0.3 is 0 Å². The summed E-state index contributed by atoms with van der Waals surface area (Å²) in [5.74, 6) is 2.06. The van der Waals surface area contributed by atoms with Crippen LogP contribution >= 0.6 is 0 Å². The van der Waals surface area contributed by atoms with Crippen LogP contribution in [0.2, 0.25) is 0 Å². The minimum Gasteiger partial charge on any atom is -0.354 e. The van der Waals surface area contributed by atoms with Crippen LogP contribution in [0, 0.1) is 6.92 Å². The number of hydrogen-bond acceptors (Lipinski definition) is 6. The number of hydrazine groups is 1. The van der Waals surface area contributed by atoms with E-state index in [1.54, 1.807) is 0 Å². The summed E-state index contributed by atoms with van der Waals surface area (Å²) in [6, 6.07) is 11.0. The fourth-order valence-corrected chi connectivity index (χ4v) is 4.81. The van der Waals surface area contributed by atoms with Gasteiger partial charge in [-0.05, 0) is 54.8 Å². The number of hydrogen-bond donors (Lipinski definition) is 3. The topological polar surface area (TPSA) is 71.6 Å². The largest absolute Gasteiger partial charge is 0.354 e. The van der Waals surface area contributed by atoms with Crippen LogP contribution in [0.1, 0.15) is 18.1 Å². The summed E-state index contributed by atoms with van der Waals surface area (Å²) in [4.78, 5) is 15.2. The molecule has 6 rings (SSSR count). The molecule has 32 heavy (non-hydrogen) atoms. The number of amidine groups is 1. The van der Waals surface area contributed by atoms with E-state index >= 15 is 0 Å². The standard InChI is InChI=1S/C25H27N7/c1-16-11-20(14-32-25(16)28-15-29-32)18-3-5-21-17(2)24(30-22(21)12-18)19-4-6-23(27-13-19)31-9-7-26-8-10-31/h3-6,11-14,26,29-30H,7-10,15H2,1-2H3. The van der Waals surface area contributed by atoms with Crippen molar-refractivity contribution in [3.8, 4) is 11.3 Å². The number of aromatic nitrogens is 2. The predicted molar refractivity (Wildman–Crippen MR) is 130 cm³/mol. The molecule has 162 valence electrons. The van der Waals surface area contributed by atoms with Crippen LogP contribution in [0.3, 0.4) is 0 Å². The van der Waals surface area contributed by atoms with Crippen molar-refractivity contribution in [3.05, 3.63) is 65.5 Å². The average Bonchev–Trinajstić information content (AvgIpc) is 3.44. The van der Waals surface area contributed by atoms with Gasteiger partial charge in [-0.25, -0.2) is 15.4 Å².